The quantitative estimate of drug-likeness (QED) is 0.756. The van der Waals surface area contributed by atoms with Crippen LogP contribution in [0.4, 0.5) is 0 Å². The molecule has 4 heteroatoms. The Morgan fingerprint density at radius 1 is 1.31 bits per heavy atom. The van der Waals surface area contributed by atoms with E-state index in [9.17, 15) is 9.90 Å². The number of likely N-dealkylation sites (N-methyl/N-ethyl adjacent to an activating group) is 1. The number of rotatable bonds is 4. The second-order valence-electron chi connectivity index (χ2n) is 6.01. The van der Waals surface area contributed by atoms with E-state index in [-0.39, 0.29) is 11.3 Å². The van der Waals surface area contributed by atoms with Crippen LogP contribution in [0, 0.1) is 5.41 Å². The van der Waals surface area contributed by atoms with Crippen LogP contribution in [-0.2, 0) is 4.79 Å². The summed E-state index contributed by atoms with van der Waals surface area (Å²) < 4.78 is 0. The molecule has 96 valence electrons. The van der Waals surface area contributed by atoms with E-state index in [2.05, 4.69) is 0 Å². The normalized spacial score (nSPS) is 14.8. The van der Waals surface area contributed by atoms with Gasteiger partial charge in [0.05, 0.1) is 11.6 Å². The van der Waals surface area contributed by atoms with E-state index < -0.39 is 11.6 Å². The fraction of sp³-hybridized carbons (Fsp3) is 0.917. The van der Waals surface area contributed by atoms with Crippen LogP contribution in [0.5, 0.6) is 0 Å². The van der Waals surface area contributed by atoms with Crippen molar-refractivity contribution >= 4 is 5.91 Å². The van der Waals surface area contributed by atoms with Gasteiger partial charge >= 0.3 is 0 Å². The van der Waals surface area contributed by atoms with Crippen molar-refractivity contribution in [3.63, 3.8) is 0 Å². The maximum Gasteiger partial charge on any atom is 0.240 e. The summed E-state index contributed by atoms with van der Waals surface area (Å²) >= 11 is 0. The fourth-order valence-corrected chi connectivity index (χ4v) is 1.38. The average Bonchev–Trinajstić information content (AvgIpc) is 2.08. The first-order valence-electron chi connectivity index (χ1n) is 5.76. The van der Waals surface area contributed by atoms with Crippen LogP contribution in [0.15, 0.2) is 0 Å². The van der Waals surface area contributed by atoms with Crippen molar-refractivity contribution in [1.29, 1.82) is 0 Å². The number of nitrogens with zero attached hydrogens (tertiary/aromatic N) is 1. The molecule has 0 aliphatic rings. The lowest BCUT2D eigenvalue weighted by molar-refractivity contribution is -0.137. The number of aliphatic hydroxyl groups is 1. The van der Waals surface area contributed by atoms with Gasteiger partial charge in [-0.2, -0.15) is 0 Å². The summed E-state index contributed by atoms with van der Waals surface area (Å²) in [6.45, 7) is 11.9. The van der Waals surface area contributed by atoms with E-state index in [1.54, 1.807) is 18.7 Å². The van der Waals surface area contributed by atoms with Crippen molar-refractivity contribution in [2.45, 2.75) is 53.2 Å². The number of hydrogen-bond donors (Lipinski definition) is 2. The third-order valence-corrected chi connectivity index (χ3v) is 2.47. The molecule has 0 rings (SSSR count). The van der Waals surface area contributed by atoms with Crippen molar-refractivity contribution in [3.05, 3.63) is 0 Å². The highest BCUT2D eigenvalue weighted by Crippen LogP contribution is 2.19. The van der Waals surface area contributed by atoms with Crippen molar-refractivity contribution < 1.29 is 9.90 Å². The third-order valence-electron chi connectivity index (χ3n) is 2.47. The van der Waals surface area contributed by atoms with Gasteiger partial charge in [-0.3, -0.25) is 4.79 Å². The van der Waals surface area contributed by atoms with E-state index in [4.69, 9.17) is 5.73 Å². The smallest absolute Gasteiger partial charge is 0.240 e. The molecule has 0 aromatic heterocycles. The highest BCUT2D eigenvalue weighted by molar-refractivity contribution is 5.82. The number of hydrogen-bond acceptors (Lipinski definition) is 3. The highest BCUT2D eigenvalue weighted by atomic mass is 16.3. The lowest BCUT2D eigenvalue weighted by Crippen LogP contribution is -2.53. The minimum atomic E-state index is -0.886. The SMILES string of the molecule is CCN(CC(C)(C)O)C(=O)[C@H](N)C(C)(C)C. The largest absolute Gasteiger partial charge is 0.389 e. The Morgan fingerprint density at radius 3 is 2.00 bits per heavy atom. The predicted molar refractivity (Wildman–Crippen MR) is 66.0 cm³/mol. The lowest BCUT2D eigenvalue weighted by Gasteiger charge is -2.34. The summed E-state index contributed by atoms with van der Waals surface area (Å²) in [6.07, 6.45) is 0. The molecule has 3 N–H and O–H groups in total. The van der Waals surface area contributed by atoms with Crippen LogP contribution in [0.3, 0.4) is 0 Å². The molecule has 0 unspecified atom stereocenters. The standard InChI is InChI=1S/C12H26N2O2/c1-7-14(8-12(5,6)16)10(15)9(13)11(2,3)4/h9,16H,7-8,13H2,1-6H3/t9-/m0/s1. The van der Waals surface area contributed by atoms with Gasteiger partial charge in [0.1, 0.15) is 0 Å². The molecule has 1 atom stereocenters. The lowest BCUT2D eigenvalue weighted by atomic mass is 9.86. The molecule has 0 saturated carbocycles. The molecule has 0 bridgehead atoms. The summed E-state index contributed by atoms with van der Waals surface area (Å²) in [6, 6.07) is -0.533. The second kappa shape index (κ2) is 5.15. The molecule has 1 amide bonds. The van der Waals surface area contributed by atoms with Crippen LogP contribution < -0.4 is 5.73 Å². The molecular formula is C12H26N2O2. The van der Waals surface area contributed by atoms with Crippen LogP contribution in [-0.4, -0.2) is 40.6 Å². The molecule has 4 nitrogen and oxygen atoms in total. The van der Waals surface area contributed by atoms with Gasteiger partial charge in [0.15, 0.2) is 0 Å². The van der Waals surface area contributed by atoms with Gasteiger partial charge in [0.2, 0.25) is 5.91 Å². The Balaban J connectivity index is 4.67. The molecule has 0 aliphatic carbocycles. The number of carbonyl (C=O) groups excluding carboxylic acids is 1. The van der Waals surface area contributed by atoms with Gasteiger partial charge in [-0.1, -0.05) is 20.8 Å². The Labute approximate surface area is 98.8 Å². The molecule has 0 heterocycles. The van der Waals surface area contributed by atoms with Gasteiger partial charge in [0.25, 0.3) is 0 Å². The highest BCUT2D eigenvalue weighted by Gasteiger charge is 2.32. The first-order valence-corrected chi connectivity index (χ1v) is 5.76. The van der Waals surface area contributed by atoms with Gasteiger partial charge in [-0.15, -0.1) is 0 Å². The van der Waals surface area contributed by atoms with E-state index in [0.29, 0.717) is 13.1 Å². The van der Waals surface area contributed by atoms with E-state index in [1.165, 1.54) is 0 Å². The number of amides is 1. The Kier molecular flexibility index (Phi) is 4.95. The maximum absolute atomic E-state index is 12.1. The van der Waals surface area contributed by atoms with Gasteiger partial charge in [-0.25, -0.2) is 0 Å². The monoisotopic (exact) mass is 230 g/mol. The average molecular weight is 230 g/mol. The molecule has 0 radical (unpaired) electrons. The van der Waals surface area contributed by atoms with Crippen LogP contribution in [0.25, 0.3) is 0 Å². The molecule has 0 fully saturated rings. The predicted octanol–water partition coefficient (Wildman–Crippen LogP) is 0.979. The first-order chi connectivity index (χ1) is 6.99. The summed E-state index contributed by atoms with van der Waals surface area (Å²) in [5.74, 6) is -0.0999. The molecule has 0 saturated heterocycles. The molecule has 0 aromatic rings. The minimum Gasteiger partial charge on any atom is -0.389 e. The zero-order valence-corrected chi connectivity index (χ0v) is 11.4. The van der Waals surface area contributed by atoms with E-state index in [0.717, 1.165) is 0 Å². The van der Waals surface area contributed by atoms with Crippen molar-refractivity contribution in [1.82, 2.24) is 4.90 Å². The second-order valence-corrected chi connectivity index (χ2v) is 6.01. The van der Waals surface area contributed by atoms with Crippen LogP contribution in [0.1, 0.15) is 41.5 Å². The Hall–Kier alpha value is -0.610. The molecule has 0 aliphatic heterocycles. The number of carbonyl (C=O) groups is 1. The summed E-state index contributed by atoms with van der Waals surface area (Å²) in [4.78, 5) is 13.7. The van der Waals surface area contributed by atoms with Gasteiger partial charge < -0.3 is 15.7 Å². The van der Waals surface area contributed by atoms with Gasteiger partial charge in [-0.05, 0) is 26.2 Å². The van der Waals surface area contributed by atoms with Crippen molar-refractivity contribution in [2.75, 3.05) is 13.1 Å². The van der Waals surface area contributed by atoms with E-state index >= 15 is 0 Å². The Morgan fingerprint density at radius 2 is 1.75 bits per heavy atom. The van der Waals surface area contributed by atoms with Gasteiger partial charge in [0, 0.05) is 13.1 Å². The minimum absolute atomic E-state index is 0.0999. The third kappa shape index (κ3) is 4.94. The number of nitrogens with two attached hydrogens (primary N) is 1. The summed E-state index contributed by atoms with van der Waals surface area (Å²) in [5.41, 5.74) is 4.77. The fourth-order valence-electron chi connectivity index (χ4n) is 1.38. The molecular weight excluding hydrogens is 204 g/mol. The van der Waals surface area contributed by atoms with Crippen molar-refractivity contribution in [3.8, 4) is 0 Å². The first kappa shape index (κ1) is 15.4. The maximum atomic E-state index is 12.1. The molecule has 16 heavy (non-hydrogen) atoms. The zero-order chi connectivity index (χ0) is 13.1. The molecule has 0 aromatic carbocycles. The van der Waals surface area contributed by atoms with Crippen LogP contribution in [0.2, 0.25) is 0 Å². The van der Waals surface area contributed by atoms with E-state index in [1.807, 2.05) is 27.7 Å². The Bertz CT molecular complexity index is 238. The molecule has 0 spiro atoms. The zero-order valence-electron chi connectivity index (χ0n) is 11.4. The topological polar surface area (TPSA) is 66.6 Å². The van der Waals surface area contributed by atoms with Crippen LogP contribution >= 0.6 is 0 Å². The summed E-state index contributed by atoms with van der Waals surface area (Å²) in [7, 11) is 0. The van der Waals surface area contributed by atoms with Crippen molar-refractivity contribution in [2.24, 2.45) is 11.1 Å². The summed E-state index contributed by atoms with van der Waals surface area (Å²) in [5, 5.41) is 9.72.